The number of halogens is 3. The van der Waals surface area contributed by atoms with Gasteiger partial charge in [-0.25, -0.2) is 26.6 Å². The number of piperidine rings is 1. The Morgan fingerprint density at radius 1 is 1.08 bits per heavy atom. The van der Waals surface area contributed by atoms with Crippen LogP contribution in [0.1, 0.15) is 60.9 Å². The number of nitrogens with one attached hydrogen (secondary N) is 2. The van der Waals surface area contributed by atoms with E-state index in [0.29, 0.717) is 16.5 Å². The van der Waals surface area contributed by atoms with E-state index in [1.807, 2.05) is 0 Å². The zero-order chi connectivity index (χ0) is 27.8. The molecule has 1 saturated heterocycles. The van der Waals surface area contributed by atoms with Gasteiger partial charge in [0.25, 0.3) is 11.8 Å². The molecule has 0 radical (unpaired) electrons. The molecule has 1 amide bonds. The SMILES string of the molecule is O=C(Nc1ccc(F)c(N2CCC(F)(F)CC2)n1)c1ccc(NS(=O)(=O)CCO)cc1C1=CCC2(CC1)CC2. The molecule has 1 aromatic carbocycles. The Balaban J connectivity index is 1.41. The predicted molar refractivity (Wildman–Crippen MR) is 143 cm³/mol. The predicted octanol–water partition coefficient (Wildman–Crippen LogP) is 4.79. The second kappa shape index (κ2) is 10.5. The summed E-state index contributed by atoms with van der Waals surface area (Å²) in [5.41, 5.74) is 2.42. The summed E-state index contributed by atoms with van der Waals surface area (Å²) in [6, 6.07) is 7.04. The van der Waals surface area contributed by atoms with Crippen LogP contribution in [-0.4, -0.2) is 55.8 Å². The molecule has 1 aromatic heterocycles. The average molecular weight is 565 g/mol. The summed E-state index contributed by atoms with van der Waals surface area (Å²) in [7, 11) is -3.77. The number of aliphatic hydroxyl groups is 1. The third-order valence-electron chi connectivity index (χ3n) is 7.77. The summed E-state index contributed by atoms with van der Waals surface area (Å²) >= 11 is 0. The van der Waals surface area contributed by atoms with Gasteiger partial charge < -0.3 is 15.3 Å². The van der Waals surface area contributed by atoms with E-state index in [-0.39, 0.29) is 30.4 Å². The van der Waals surface area contributed by atoms with Gasteiger partial charge in [0.15, 0.2) is 11.6 Å². The third kappa shape index (κ3) is 6.38. The van der Waals surface area contributed by atoms with Crippen molar-refractivity contribution in [1.29, 1.82) is 0 Å². The fourth-order valence-electron chi connectivity index (χ4n) is 5.19. The van der Waals surface area contributed by atoms with E-state index >= 15 is 0 Å². The number of aliphatic hydroxyl groups excluding tert-OH is 1. The Morgan fingerprint density at radius 2 is 1.82 bits per heavy atom. The Hall–Kier alpha value is -3.12. The summed E-state index contributed by atoms with van der Waals surface area (Å²) in [6.45, 7) is -0.633. The number of hydrogen-bond acceptors (Lipinski definition) is 6. The highest BCUT2D eigenvalue weighted by molar-refractivity contribution is 7.92. The van der Waals surface area contributed by atoms with Gasteiger partial charge in [-0.3, -0.25) is 9.52 Å². The lowest BCUT2D eigenvalue weighted by atomic mass is 9.83. The molecule has 12 heteroatoms. The van der Waals surface area contributed by atoms with Crippen molar-refractivity contribution in [3.63, 3.8) is 0 Å². The largest absolute Gasteiger partial charge is 0.395 e. The number of hydrogen-bond donors (Lipinski definition) is 3. The van der Waals surface area contributed by atoms with Gasteiger partial charge in [-0.2, -0.15) is 0 Å². The van der Waals surface area contributed by atoms with Gasteiger partial charge >= 0.3 is 0 Å². The van der Waals surface area contributed by atoms with Gasteiger partial charge in [0, 0.05) is 37.2 Å². The first kappa shape index (κ1) is 27.4. The number of rotatable bonds is 8. The first-order valence-corrected chi connectivity index (χ1v) is 14.7. The van der Waals surface area contributed by atoms with Gasteiger partial charge in [-0.1, -0.05) is 6.08 Å². The summed E-state index contributed by atoms with van der Waals surface area (Å²) in [6.07, 6.45) is 6.27. The van der Waals surface area contributed by atoms with Crippen LogP contribution in [0.5, 0.6) is 0 Å². The third-order valence-corrected chi connectivity index (χ3v) is 9.04. The second-order valence-corrected chi connectivity index (χ2v) is 12.5. The van der Waals surface area contributed by atoms with Crippen LogP contribution >= 0.6 is 0 Å². The molecule has 1 aliphatic heterocycles. The maximum absolute atomic E-state index is 14.5. The molecule has 1 saturated carbocycles. The molecule has 8 nitrogen and oxygen atoms in total. The number of carbonyl (C=O) groups is 1. The highest BCUT2D eigenvalue weighted by Gasteiger charge is 2.43. The van der Waals surface area contributed by atoms with E-state index in [4.69, 9.17) is 5.11 Å². The summed E-state index contributed by atoms with van der Waals surface area (Å²) < 4.78 is 68.6. The molecular formula is C27H31F3N4O4S. The minimum atomic E-state index is -3.77. The molecule has 0 bridgehead atoms. The Bertz CT molecular complexity index is 1400. The first-order valence-electron chi connectivity index (χ1n) is 13.0. The van der Waals surface area contributed by atoms with Gasteiger partial charge in [0.05, 0.1) is 12.4 Å². The fourth-order valence-corrected chi connectivity index (χ4v) is 6.02. The number of anilines is 3. The number of alkyl halides is 2. The molecule has 5 rings (SSSR count). The normalized spacial score (nSPS) is 19.9. The number of carbonyl (C=O) groups excluding carboxylic acids is 1. The van der Waals surface area contributed by atoms with E-state index in [1.54, 1.807) is 6.07 Å². The Morgan fingerprint density at radius 3 is 2.46 bits per heavy atom. The van der Waals surface area contributed by atoms with Crippen molar-refractivity contribution in [1.82, 2.24) is 4.98 Å². The summed E-state index contributed by atoms with van der Waals surface area (Å²) in [5.74, 6) is -4.45. The van der Waals surface area contributed by atoms with Gasteiger partial charge in [-0.05, 0) is 79.0 Å². The van der Waals surface area contributed by atoms with Crippen LogP contribution in [-0.2, 0) is 10.0 Å². The maximum Gasteiger partial charge on any atom is 0.257 e. The maximum atomic E-state index is 14.5. The summed E-state index contributed by atoms with van der Waals surface area (Å²) in [4.78, 5) is 19.1. The van der Waals surface area contributed by atoms with Crippen LogP contribution < -0.4 is 14.9 Å². The van der Waals surface area contributed by atoms with E-state index < -0.39 is 52.9 Å². The molecule has 1 spiro atoms. The van der Waals surface area contributed by atoms with Crippen molar-refractivity contribution in [3.8, 4) is 0 Å². The molecule has 3 N–H and O–H groups in total. The van der Waals surface area contributed by atoms with Gasteiger partial charge in [0.1, 0.15) is 5.82 Å². The fraction of sp³-hybridized carbons (Fsp3) is 0.481. The zero-order valence-corrected chi connectivity index (χ0v) is 22.2. The van der Waals surface area contributed by atoms with Crippen LogP contribution in [0.2, 0.25) is 0 Å². The van der Waals surface area contributed by atoms with Crippen molar-refractivity contribution in [3.05, 3.63) is 53.4 Å². The van der Waals surface area contributed by atoms with Gasteiger partial charge in [0.2, 0.25) is 10.0 Å². The monoisotopic (exact) mass is 564 g/mol. The molecule has 2 fully saturated rings. The molecule has 2 aromatic rings. The van der Waals surface area contributed by atoms with Crippen LogP contribution in [0.15, 0.2) is 36.4 Å². The van der Waals surface area contributed by atoms with Crippen LogP contribution in [0.4, 0.5) is 30.5 Å². The standard InChI is InChI=1S/C27H31F3N4O4S/c28-22-3-4-23(31-24(22)34-13-11-27(29,30)12-14-34)32-25(36)20-2-1-19(33-39(37,38)16-15-35)17-21(20)18-5-7-26(8-6-18)9-10-26/h1-5,17,33,35H,6-16H2,(H,31,32,36). The Labute approximate surface area is 225 Å². The van der Waals surface area contributed by atoms with E-state index in [0.717, 1.165) is 30.9 Å². The number of amides is 1. The number of sulfonamides is 1. The number of benzene rings is 1. The minimum absolute atomic E-state index is 0.0538. The first-order chi connectivity index (χ1) is 18.5. The molecule has 39 heavy (non-hydrogen) atoms. The number of pyridine rings is 1. The van der Waals surface area contributed by atoms with E-state index in [1.165, 1.54) is 35.9 Å². The molecule has 210 valence electrons. The molecule has 3 aliphatic rings. The summed E-state index contributed by atoms with van der Waals surface area (Å²) in [5, 5.41) is 11.7. The van der Waals surface area contributed by atoms with Crippen molar-refractivity contribution >= 4 is 38.8 Å². The minimum Gasteiger partial charge on any atom is -0.395 e. The lowest BCUT2D eigenvalue weighted by Gasteiger charge is -2.32. The number of aromatic nitrogens is 1. The second-order valence-electron chi connectivity index (χ2n) is 10.6. The molecular weight excluding hydrogens is 533 g/mol. The topological polar surface area (TPSA) is 112 Å². The lowest BCUT2D eigenvalue weighted by molar-refractivity contribution is -0.0222. The number of nitrogens with zero attached hydrogens (tertiary/aromatic N) is 2. The smallest absolute Gasteiger partial charge is 0.257 e. The number of allylic oxidation sites excluding steroid dienone is 2. The van der Waals surface area contributed by atoms with Gasteiger partial charge in [-0.15, -0.1) is 0 Å². The average Bonchev–Trinajstić information content (AvgIpc) is 3.64. The van der Waals surface area contributed by atoms with Crippen LogP contribution in [0.25, 0.3) is 5.57 Å². The van der Waals surface area contributed by atoms with E-state index in [9.17, 15) is 26.4 Å². The molecule has 0 atom stereocenters. The van der Waals surface area contributed by atoms with Crippen molar-refractivity contribution in [2.24, 2.45) is 5.41 Å². The quantitative estimate of drug-likeness (QED) is 0.425. The Kier molecular flexibility index (Phi) is 7.36. The van der Waals surface area contributed by atoms with Crippen LogP contribution in [0.3, 0.4) is 0 Å². The molecule has 0 unspecified atom stereocenters. The highest BCUT2D eigenvalue weighted by atomic mass is 32.2. The molecule has 2 heterocycles. The lowest BCUT2D eigenvalue weighted by Crippen LogP contribution is -2.40. The van der Waals surface area contributed by atoms with Crippen molar-refractivity contribution in [2.45, 2.75) is 50.9 Å². The van der Waals surface area contributed by atoms with E-state index in [2.05, 4.69) is 21.1 Å². The van der Waals surface area contributed by atoms with Crippen molar-refractivity contribution in [2.75, 3.05) is 40.4 Å². The van der Waals surface area contributed by atoms with Crippen molar-refractivity contribution < 1.29 is 31.5 Å². The molecule has 2 aliphatic carbocycles. The zero-order valence-electron chi connectivity index (χ0n) is 21.4. The van der Waals surface area contributed by atoms with Crippen LogP contribution in [0, 0.1) is 11.2 Å². The highest BCUT2D eigenvalue weighted by Crippen LogP contribution is 2.56.